The van der Waals surface area contributed by atoms with E-state index in [0.29, 0.717) is 5.88 Å². The van der Waals surface area contributed by atoms with Crippen LogP contribution in [0.25, 0.3) is 0 Å². The van der Waals surface area contributed by atoms with E-state index in [4.69, 9.17) is 11.6 Å². The third-order valence-electron chi connectivity index (χ3n) is 3.34. The van der Waals surface area contributed by atoms with Gasteiger partial charge in [0.25, 0.3) is 0 Å². The number of aryl methyl sites for hydroxylation is 1. The van der Waals surface area contributed by atoms with E-state index in [1.807, 2.05) is 18.3 Å². The van der Waals surface area contributed by atoms with Crippen LogP contribution in [-0.2, 0) is 12.3 Å². The maximum atomic E-state index is 5.88. The van der Waals surface area contributed by atoms with Crippen molar-refractivity contribution in [2.24, 2.45) is 0 Å². The Morgan fingerprint density at radius 1 is 1.21 bits per heavy atom. The third-order valence-corrected chi connectivity index (χ3v) is 3.63. The largest absolute Gasteiger partial charge is 0.374 e. The van der Waals surface area contributed by atoms with Gasteiger partial charge in [0.15, 0.2) is 0 Å². The molecule has 0 aliphatic rings. The summed E-state index contributed by atoms with van der Waals surface area (Å²) >= 11 is 5.88. The van der Waals surface area contributed by atoms with Crippen molar-refractivity contribution in [2.45, 2.75) is 19.2 Å². The van der Waals surface area contributed by atoms with Crippen molar-refractivity contribution >= 4 is 17.3 Å². The Labute approximate surface area is 120 Å². The number of hydrogen-bond donors (Lipinski definition) is 0. The summed E-state index contributed by atoms with van der Waals surface area (Å²) in [6.45, 7) is 3.06. The lowest BCUT2D eigenvalue weighted by atomic mass is 10.1. The van der Waals surface area contributed by atoms with Crippen LogP contribution in [0.5, 0.6) is 0 Å². The molecule has 1 aromatic carbocycles. The average Bonchev–Trinajstić information content (AvgIpc) is 2.45. The summed E-state index contributed by atoms with van der Waals surface area (Å²) in [4.78, 5) is 6.59. The molecule has 100 valence electrons. The normalized spacial score (nSPS) is 10.5. The van der Waals surface area contributed by atoms with E-state index in [1.54, 1.807) is 0 Å². The zero-order valence-corrected chi connectivity index (χ0v) is 12.2. The molecule has 0 aliphatic carbocycles. The van der Waals surface area contributed by atoms with Gasteiger partial charge >= 0.3 is 0 Å². The first kappa shape index (κ1) is 13.9. The van der Waals surface area contributed by atoms with E-state index in [1.165, 1.54) is 16.8 Å². The molecule has 1 aromatic heterocycles. The lowest BCUT2D eigenvalue weighted by molar-refractivity contribution is 0.852. The first-order valence-electron chi connectivity index (χ1n) is 6.47. The lowest BCUT2D eigenvalue weighted by Gasteiger charge is -2.20. The maximum absolute atomic E-state index is 5.88. The number of anilines is 1. The van der Waals surface area contributed by atoms with E-state index in [2.05, 4.69) is 48.1 Å². The first-order chi connectivity index (χ1) is 9.20. The van der Waals surface area contributed by atoms with Gasteiger partial charge in [-0.2, -0.15) is 0 Å². The van der Waals surface area contributed by atoms with Gasteiger partial charge in [-0.25, -0.2) is 0 Å². The lowest BCUT2D eigenvalue weighted by Crippen LogP contribution is -2.20. The standard InChI is InChI=1S/C16H19ClN2/c1-13-11-16(7-6-14(13)12-17)19(2)10-8-15-5-3-4-9-18-15/h3-7,9,11H,8,10,12H2,1-2H3. The monoisotopic (exact) mass is 274 g/mol. The summed E-state index contributed by atoms with van der Waals surface area (Å²) in [5, 5.41) is 0. The summed E-state index contributed by atoms with van der Waals surface area (Å²) in [7, 11) is 2.11. The highest BCUT2D eigenvalue weighted by atomic mass is 35.5. The van der Waals surface area contributed by atoms with Crippen molar-refractivity contribution in [1.82, 2.24) is 4.98 Å². The molecule has 0 fully saturated rings. The van der Waals surface area contributed by atoms with Crippen LogP contribution in [0.3, 0.4) is 0 Å². The van der Waals surface area contributed by atoms with E-state index in [9.17, 15) is 0 Å². The van der Waals surface area contributed by atoms with Gasteiger partial charge in [0.05, 0.1) is 0 Å². The molecular formula is C16H19ClN2. The molecule has 0 atom stereocenters. The minimum absolute atomic E-state index is 0.573. The summed E-state index contributed by atoms with van der Waals surface area (Å²) in [5.41, 5.74) is 4.80. The zero-order valence-electron chi connectivity index (χ0n) is 11.4. The number of benzene rings is 1. The number of halogens is 1. The fourth-order valence-corrected chi connectivity index (χ4v) is 2.32. The molecule has 0 saturated carbocycles. The topological polar surface area (TPSA) is 16.1 Å². The minimum Gasteiger partial charge on any atom is -0.374 e. The second-order valence-electron chi connectivity index (χ2n) is 4.74. The van der Waals surface area contributed by atoms with Gasteiger partial charge in [0.1, 0.15) is 0 Å². The van der Waals surface area contributed by atoms with Gasteiger partial charge in [-0.3, -0.25) is 4.98 Å². The summed E-state index contributed by atoms with van der Waals surface area (Å²) in [6, 6.07) is 12.5. The summed E-state index contributed by atoms with van der Waals surface area (Å²) in [6.07, 6.45) is 2.79. The second-order valence-corrected chi connectivity index (χ2v) is 5.00. The highest BCUT2D eigenvalue weighted by molar-refractivity contribution is 6.17. The van der Waals surface area contributed by atoms with Crippen molar-refractivity contribution in [1.29, 1.82) is 0 Å². The number of nitrogens with zero attached hydrogens (tertiary/aromatic N) is 2. The second kappa shape index (κ2) is 6.58. The highest BCUT2D eigenvalue weighted by Gasteiger charge is 2.04. The Hall–Kier alpha value is -1.54. The number of pyridine rings is 1. The van der Waals surface area contributed by atoms with Gasteiger partial charge in [0, 0.05) is 43.5 Å². The number of likely N-dealkylation sites (N-methyl/N-ethyl adjacent to an activating group) is 1. The average molecular weight is 275 g/mol. The van der Waals surface area contributed by atoms with Crippen molar-refractivity contribution in [2.75, 3.05) is 18.5 Å². The molecule has 2 aromatic rings. The Morgan fingerprint density at radius 2 is 2.05 bits per heavy atom. The van der Waals surface area contributed by atoms with Crippen LogP contribution in [0.15, 0.2) is 42.6 Å². The summed E-state index contributed by atoms with van der Waals surface area (Å²) < 4.78 is 0. The molecule has 1 heterocycles. The molecule has 0 N–H and O–H groups in total. The van der Waals surface area contributed by atoms with E-state index >= 15 is 0 Å². The smallest absolute Gasteiger partial charge is 0.0476 e. The molecular weight excluding hydrogens is 256 g/mol. The van der Waals surface area contributed by atoms with E-state index in [-0.39, 0.29) is 0 Å². The van der Waals surface area contributed by atoms with Gasteiger partial charge in [-0.05, 0) is 42.3 Å². The Morgan fingerprint density at radius 3 is 2.68 bits per heavy atom. The Bertz CT molecular complexity index is 526. The fraction of sp³-hybridized carbons (Fsp3) is 0.312. The van der Waals surface area contributed by atoms with Crippen molar-refractivity contribution in [3.8, 4) is 0 Å². The highest BCUT2D eigenvalue weighted by Crippen LogP contribution is 2.19. The predicted molar refractivity (Wildman–Crippen MR) is 81.9 cm³/mol. The molecule has 0 saturated heterocycles. The summed E-state index contributed by atoms with van der Waals surface area (Å²) in [5.74, 6) is 0.573. The van der Waals surface area contributed by atoms with Gasteiger partial charge < -0.3 is 4.90 Å². The third kappa shape index (κ3) is 3.71. The molecule has 0 unspecified atom stereocenters. The van der Waals surface area contributed by atoms with Crippen molar-refractivity contribution < 1.29 is 0 Å². The first-order valence-corrected chi connectivity index (χ1v) is 7.00. The van der Waals surface area contributed by atoms with Crippen molar-refractivity contribution in [3.05, 3.63) is 59.4 Å². The van der Waals surface area contributed by atoms with E-state index < -0.39 is 0 Å². The number of alkyl halides is 1. The molecule has 19 heavy (non-hydrogen) atoms. The number of hydrogen-bond acceptors (Lipinski definition) is 2. The van der Waals surface area contributed by atoms with Crippen LogP contribution in [0.4, 0.5) is 5.69 Å². The molecule has 2 rings (SSSR count). The zero-order chi connectivity index (χ0) is 13.7. The maximum Gasteiger partial charge on any atom is 0.0476 e. The number of aromatic nitrogens is 1. The molecule has 0 spiro atoms. The molecule has 2 nitrogen and oxygen atoms in total. The van der Waals surface area contributed by atoms with Crippen LogP contribution >= 0.6 is 11.6 Å². The van der Waals surface area contributed by atoms with Crippen molar-refractivity contribution in [3.63, 3.8) is 0 Å². The predicted octanol–water partition coefficient (Wildman–Crippen LogP) is 3.81. The van der Waals surface area contributed by atoms with E-state index in [0.717, 1.165) is 18.7 Å². The van der Waals surface area contributed by atoms with Crippen LogP contribution in [0.1, 0.15) is 16.8 Å². The van der Waals surface area contributed by atoms with Crippen LogP contribution in [0.2, 0.25) is 0 Å². The van der Waals surface area contributed by atoms with Gasteiger partial charge in [-0.15, -0.1) is 11.6 Å². The Balaban J connectivity index is 2.00. The fourth-order valence-electron chi connectivity index (χ4n) is 2.02. The Kier molecular flexibility index (Phi) is 4.80. The SMILES string of the molecule is Cc1cc(N(C)CCc2ccccn2)ccc1CCl. The van der Waals surface area contributed by atoms with Crippen LogP contribution in [0, 0.1) is 6.92 Å². The molecule has 0 amide bonds. The van der Waals surface area contributed by atoms with Gasteiger partial charge in [0.2, 0.25) is 0 Å². The molecule has 3 heteroatoms. The van der Waals surface area contributed by atoms with Crippen LogP contribution in [-0.4, -0.2) is 18.6 Å². The molecule has 0 radical (unpaired) electrons. The minimum atomic E-state index is 0.573. The van der Waals surface area contributed by atoms with Crippen LogP contribution < -0.4 is 4.90 Å². The molecule has 0 aliphatic heterocycles. The van der Waals surface area contributed by atoms with Gasteiger partial charge in [-0.1, -0.05) is 12.1 Å². The number of rotatable bonds is 5. The quantitative estimate of drug-likeness (QED) is 0.771. The molecule has 0 bridgehead atoms.